The van der Waals surface area contributed by atoms with E-state index in [-0.39, 0.29) is 11.5 Å². The average Bonchev–Trinajstić information content (AvgIpc) is 2.40. The molecular formula is C12H14N2O4S. The van der Waals surface area contributed by atoms with Gasteiger partial charge in [0.1, 0.15) is 11.8 Å². The topological polar surface area (TPSA) is 88.8 Å². The first-order chi connectivity index (χ1) is 9.02. The third-order valence-electron chi connectivity index (χ3n) is 2.17. The van der Waals surface area contributed by atoms with Crippen molar-refractivity contribution in [2.45, 2.75) is 13.3 Å². The van der Waals surface area contributed by atoms with Crippen molar-refractivity contribution in [3.63, 3.8) is 0 Å². The summed E-state index contributed by atoms with van der Waals surface area (Å²) in [6.45, 7) is 1.71. The first-order valence-corrected chi connectivity index (χ1v) is 7.14. The SMILES string of the molecule is CCCS(=O)(=O)O/N=C(/C#N)c1ccc(OC)cc1. The molecule has 6 nitrogen and oxygen atoms in total. The summed E-state index contributed by atoms with van der Waals surface area (Å²) in [7, 11) is -2.20. The van der Waals surface area contributed by atoms with Crippen LogP contribution in [0.4, 0.5) is 0 Å². The second-order valence-corrected chi connectivity index (χ2v) is 5.29. The fourth-order valence-corrected chi connectivity index (χ4v) is 2.03. The zero-order valence-corrected chi connectivity index (χ0v) is 11.5. The van der Waals surface area contributed by atoms with E-state index in [0.717, 1.165) is 0 Å². The molecule has 0 N–H and O–H groups in total. The Morgan fingerprint density at radius 1 is 1.37 bits per heavy atom. The number of nitriles is 1. The lowest BCUT2D eigenvalue weighted by molar-refractivity contribution is 0.339. The van der Waals surface area contributed by atoms with Crippen LogP contribution in [0.5, 0.6) is 5.75 Å². The lowest BCUT2D eigenvalue weighted by Gasteiger charge is -2.02. The van der Waals surface area contributed by atoms with E-state index in [2.05, 4.69) is 9.44 Å². The van der Waals surface area contributed by atoms with Gasteiger partial charge >= 0.3 is 10.1 Å². The normalized spacial score (nSPS) is 11.7. The van der Waals surface area contributed by atoms with Gasteiger partial charge in [-0.15, -0.1) is 0 Å². The minimum atomic E-state index is -3.72. The van der Waals surface area contributed by atoms with Crippen LogP contribution in [0.2, 0.25) is 0 Å². The van der Waals surface area contributed by atoms with E-state index in [1.54, 1.807) is 37.3 Å². The number of methoxy groups -OCH3 is 1. The van der Waals surface area contributed by atoms with Crippen molar-refractivity contribution in [2.75, 3.05) is 12.9 Å². The average molecular weight is 282 g/mol. The maximum Gasteiger partial charge on any atom is 0.328 e. The molecule has 0 aliphatic rings. The van der Waals surface area contributed by atoms with E-state index in [1.807, 2.05) is 0 Å². The van der Waals surface area contributed by atoms with Crippen LogP contribution < -0.4 is 4.74 Å². The van der Waals surface area contributed by atoms with Gasteiger partial charge in [0, 0.05) is 5.56 Å². The highest BCUT2D eigenvalue weighted by atomic mass is 32.2. The van der Waals surface area contributed by atoms with Gasteiger partial charge in [-0.25, -0.2) is 0 Å². The zero-order valence-electron chi connectivity index (χ0n) is 10.7. The Labute approximate surface area is 112 Å². The van der Waals surface area contributed by atoms with Crippen LogP contribution in [0.15, 0.2) is 29.4 Å². The molecule has 0 saturated carbocycles. The molecule has 1 rings (SSSR count). The maximum absolute atomic E-state index is 11.3. The Morgan fingerprint density at radius 2 is 2.00 bits per heavy atom. The van der Waals surface area contributed by atoms with E-state index in [0.29, 0.717) is 17.7 Å². The quantitative estimate of drug-likeness (QED) is 0.585. The first kappa shape index (κ1) is 15.0. The number of benzene rings is 1. The molecule has 0 saturated heterocycles. The van der Waals surface area contributed by atoms with E-state index in [1.165, 1.54) is 7.11 Å². The number of hydrogen-bond acceptors (Lipinski definition) is 6. The van der Waals surface area contributed by atoms with E-state index >= 15 is 0 Å². The van der Waals surface area contributed by atoms with Crippen LogP contribution in [0.1, 0.15) is 18.9 Å². The lowest BCUT2D eigenvalue weighted by Crippen LogP contribution is -2.08. The van der Waals surface area contributed by atoms with Gasteiger partial charge in [0.15, 0.2) is 5.71 Å². The summed E-state index contributed by atoms with van der Waals surface area (Å²) in [5.41, 5.74) is 0.345. The molecule has 0 unspecified atom stereocenters. The van der Waals surface area contributed by atoms with E-state index in [9.17, 15) is 8.42 Å². The zero-order chi connectivity index (χ0) is 14.3. The molecule has 0 aliphatic heterocycles. The van der Waals surface area contributed by atoms with Gasteiger partial charge < -0.3 is 4.74 Å². The highest BCUT2D eigenvalue weighted by Gasteiger charge is 2.11. The van der Waals surface area contributed by atoms with Crippen molar-refractivity contribution in [2.24, 2.45) is 5.16 Å². The van der Waals surface area contributed by atoms with Crippen molar-refractivity contribution in [1.82, 2.24) is 0 Å². The van der Waals surface area contributed by atoms with E-state index < -0.39 is 10.1 Å². The van der Waals surface area contributed by atoms with Gasteiger partial charge in [-0.2, -0.15) is 13.7 Å². The molecule has 0 bridgehead atoms. The van der Waals surface area contributed by atoms with Crippen molar-refractivity contribution < 1.29 is 17.4 Å². The van der Waals surface area contributed by atoms with Gasteiger partial charge in [-0.05, 0) is 30.7 Å². The largest absolute Gasteiger partial charge is 0.497 e. The van der Waals surface area contributed by atoms with Crippen LogP contribution in [0, 0.1) is 11.3 Å². The minimum Gasteiger partial charge on any atom is -0.497 e. The molecule has 0 amide bonds. The molecule has 0 radical (unpaired) electrons. The van der Waals surface area contributed by atoms with Gasteiger partial charge in [0.2, 0.25) is 0 Å². The molecule has 0 spiro atoms. The third kappa shape index (κ3) is 4.60. The Bertz CT molecular complexity index is 585. The summed E-state index contributed by atoms with van der Waals surface area (Å²) in [5, 5.41) is 12.3. The minimum absolute atomic E-state index is 0.109. The summed E-state index contributed by atoms with van der Waals surface area (Å²) >= 11 is 0. The molecule has 1 aromatic rings. The molecule has 0 fully saturated rings. The molecule has 0 atom stereocenters. The molecule has 7 heteroatoms. The van der Waals surface area contributed by atoms with Gasteiger partial charge in [0.05, 0.1) is 12.9 Å². The van der Waals surface area contributed by atoms with Crippen LogP contribution in [-0.2, 0) is 14.4 Å². The smallest absolute Gasteiger partial charge is 0.328 e. The standard InChI is InChI=1S/C12H14N2O4S/c1-3-8-19(15,16)18-14-12(9-13)10-4-6-11(17-2)7-5-10/h4-7H,3,8H2,1-2H3/b14-12-. The highest BCUT2D eigenvalue weighted by molar-refractivity contribution is 7.86. The molecule has 1 aromatic carbocycles. The Morgan fingerprint density at radius 3 is 2.47 bits per heavy atom. The predicted octanol–water partition coefficient (Wildman–Crippen LogP) is 1.68. The summed E-state index contributed by atoms with van der Waals surface area (Å²) < 4.78 is 32.1. The molecule has 0 aliphatic carbocycles. The van der Waals surface area contributed by atoms with Crippen LogP contribution in [-0.4, -0.2) is 27.0 Å². The van der Waals surface area contributed by atoms with Crippen molar-refractivity contribution in [1.29, 1.82) is 5.26 Å². The number of nitrogens with zero attached hydrogens (tertiary/aromatic N) is 2. The highest BCUT2D eigenvalue weighted by Crippen LogP contribution is 2.12. The molecule has 19 heavy (non-hydrogen) atoms. The summed E-state index contributed by atoms with van der Waals surface area (Å²) in [4.78, 5) is 0. The van der Waals surface area contributed by atoms with E-state index in [4.69, 9.17) is 10.00 Å². The second kappa shape index (κ2) is 6.75. The summed E-state index contributed by atoms with van der Waals surface area (Å²) in [6.07, 6.45) is 0.419. The summed E-state index contributed by atoms with van der Waals surface area (Å²) in [5.74, 6) is 0.484. The van der Waals surface area contributed by atoms with Crippen LogP contribution in [0.25, 0.3) is 0 Å². The maximum atomic E-state index is 11.3. The first-order valence-electron chi connectivity index (χ1n) is 5.56. The van der Waals surface area contributed by atoms with Crippen LogP contribution >= 0.6 is 0 Å². The number of oxime groups is 1. The van der Waals surface area contributed by atoms with Crippen molar-refractivity contribution >= 4 is 15.8 Å². The fourth-order valence-electron chi connectivity index (χ4n) is 1.27. The molecular weight excluding hydrogens is 268 g/mol. The number of hydrogen-bond donors (Lipinski definition) is 0. The van der Waals surface area contributed by atoms with Gasteiger partial charge in [0.25, 0.3) is 0 Å². The molecule has 102 valence electrons. The lowest BCUT2D eigenvalue weighted by atomic mass is 10.1. The van der Waals surface area contributed by atoms with Crippen molar-refractivity contribution in [3.05, 3.63) is 29.8 Å². The Kier molecular flexibility index (Phi) is 5.33. The number of rotatable bonds is 6. The fraction of sp³-hybridized carbons (Fsp3) is 0.333. The van der Waals surface area contributed by atoms with Gasteiger partial charge in [-0.3, -0.25) is 4.28 Å². The molecule has 0 heterocycles. The second-order valence-electron chi connectivity index (χ2n) is 3.62. The van der Waals surface area contributed by atoms with Gasteiger partial charge in [-0.1, -0.05) is 12.1 Å². The Hall–Kier alpha value is -2.07. The summed E-state index contributed by atoms with van der Waals surface area (Å²) in [6, 6.07) is 8.26. The van der Waals surface area contributed by atoms with Crippen molar-refractivity contribution in [3.8, 4) is 11.8 Å². The number of ether oxygens (including phenoxy) is 1. The van der Waals surface area contributed by atoms with Crippen LogP contribution in [0.3, 0.4) is 0 Å². The monoisotopic (exact) mass is 282 g/mol. The predicted molar refractivity (Wildman–Crippen MR) is 70.3 cm³/mol. The molecule has 0 aromatic heterocycles. The third-order valence-corrected chi connectivity index (χ3v) is 3.38. The Balaban J connectivity index is 2.91.